The maximum atomic E-state index is 12.4. The van der Waals surface area contributed by atoms with Gasteiger partial charge in [-0.2, -0.15) is 0 Å². The van der Waals surface area contributed by atoms with E-state index in [1.165, 1.54) is 0 Å². The van der Waals surface area contributed by atoms with Crippen LogP contribution in [-0.4, -0.2) is 38.2 Å². The zero-order valence-corrected chi connectivity index (χ0v) is 16.0. The lowest BCUT2D eigenvalue weighted by atomic mass is 10.2. The van der Waals surface area contributed by atoms with Crippen molar-refractivity contribution in [2.24, 2.45) is 0 Å². The van der Waals surface area contributed by atoms with E-state index in [0.29, 0.717) is 30.2 Å². The first kappa shape index (κ1) is 20.5. The number of benzene rings is 2. The monoisotopic (exact) mass is 370 g/mol. The van der Waals surface area contributed by atoms with E-state index >= 15 is 0 Å². The number of nitrogens with one attached hydrogen (secondary N) is 2. The topological polar surface area (TPSA) is 76.7 Å². The van der Waals surface area contributed by atoms with Crippen LogP contribution in [0, 0.1) is 6.92 Å². The first-order valence-corrected chi connectivity index (χ1v) is 8.91. The molecule has 6 nitrogen and oxygen atoms in total. The first-order valence-electron chi connectivity index (χ1n) is 8.91. The van der Waals surface area contributed by atoms with Gasteiger partial charge in [-0.3, -0.25) is 9.59 Å². The van der Waals surface area contributed by atoms with E-state index in [-0.39, 0.29) is 11.8 Å². The minimum Gasteiger partial charge on any atom is -0.481 e. The van der Waals surface area contributed by atoms with Crippen LogP contribution in [0.15, 0.2) is 48.5 Å². The summed E-state index contributed by atoms with van der Waals surface area (Å²) in [6, 6.07) is 14.3. The van der Waals surface area contributed by atoms with E-state index in [2.05, 4.69) is 10.6 Å². The van der Waals surface area contributed by atoms with Crippen molar-refractivity contribution >= 4 is 17.5 Å². The number of para-hydroxylation sites is 1. The molecule has 2 aromatic rings. The van der Waals surface area contributed by atoms with Gasteiger partial charge >= 0.3 is 0 Å². The molecule has 27 heavy (non-hydrogen) atoms. The molecule has 0 spiro atoms. The summed E-state index contributed by atoms with van der Waals surface area (Å²) in [4.78, 5) is 24.6. The summed E-state index contributed by atoms with van der Waals surface area (Å²) < 4.78 is 10.7. The molecule has 2 rings (SSSR count). The molecule has 0 fully saturated rings. The van der Waals surface area contributed by atoms with Gasteiger partial charge in [-0.25, -0.2) is 0 Å². The molecule has 2 aromatic carbocycles. The van der Waals surface area contributed by atoms with Crippen LogP contribution in [0.2, 0.25) is 0 Å². The van der Waals surface area contributed by atoms with E-state index in [4.69, 9.17) is 9.47 Å². The van der Waals surface area contributed by atoms with Crippen molar-refractivity contribution in [2.75, 3.05) is 25.6 Å². The maximum Gasteiger partial charge on any atom is 0.265 e. The third-order valence-electron chi connectivity index (χ3n) is 3.97. The quantitative estimate of drug-likeness (QED) is 0.665. The second kappa shape index (κ2) is 10.3. The second-order valence-electron chi connectivity index (χ2n) is 6.20. The Hall–Kier alpha value is -2.86. The van der Waals surface area contributed by atoms with E-state index < -0.39 is 6.10 Å². The second-order valence-corrected chi connectivity index (χ2v) is 6.20. The van der Waals surface area contributed by atoms with Crippen molar-refractivity contribution in [3.63, 3.8) is 0 Å². The molecular weight excluding hydrogens is 344 g/mol. The number of carbonyl (C=O) groups is 2. The predicted molar refractivity (Wildman–Crippen MR) is 105 cm³/mol. The van der Waals surface area contributed by atoms with Crippen molar-refractivity contribution in [1.29, 1.82) is 0 Å². The third-order valence-corrected chi connectivity index (χ3v) is 3.97. The van der Waals surface area contributed by atoms with E-state index in [1.807, 2.05) is 31.2 Å². The highest BCUT2D eigenvalue weighted by Gasteiger charge is 2.16. The van der Waals surface area contributed by atoms with Gasteiger partial charge in [0.05, 0.1) is 0 Å². The fourth-order valence-corrected chi connectivity index (χ4v) is 2.44. The highest BCUT2D eigenvalue weighted by molar-refractivity contribution is 5.98. The normalized spacial score (nSPS) is 11.5. The molecule has 1 atom stereocenters. The molecule has 0 aliphatic rings. The largest absolute Gasteiger partial charge is 0.481 e. The molecule has 0 heterocycles. The summed E-state index contributed by atoms with van der Waals surface area (Å²) in [7, 11) is 1.62. The van der Waals surface area contributed by atoms with Crippen molar-refractivity contribution < 1.29 is 19.1 Å². The van der Waals surface area contributed by atoms with Crippen LogP contribution in [0.5, 0.6) is 5.75 Å². The minimum absolute atomic E-state index is 0.189. The van der Waals surface area contributed by atoms with E-state index in [9.17, 15) is 9.59 Å². The number of aryl methyl sites for hydroxylation is 1. The molecule has 2 amide bonds. The fourth-order valence-electron chi connectivity index (χ4n) is 2.44. The molecule has 6 heteroatoms. The summed E-state index contributed by atoms with van der Waals surface area (Å²) >= 11 is 0. The van der Waals surface area contributed by atoms with Crippen LogP contribution in [0.25, 0.3) is 0 Å². The summed E-state index contributed by atoms with van der Waals surface area (Å²) in [6.45, 7) is 4.74. The van der Waals surface area contributed by atoms with Crippen LogP contribution < -0.4 is 15.4 Å². The molecule has 0 saturated carbocycles. The van der Waals surface area contributed by atoms with Crippen LogP contribution >= 0.6 is 0 Å². The Labute approximate surface area is 159 Å². The van der Waals surface area contributed by atoms with Gasteiger partial charge in [0, 0.05) is 31.5 Å². The lowest BCUT2D eigenvalue weighted by molar-refractivity contribution is -0.122. The lowest BCUT2D eigenvalue weighted by Gasteiger charge is -2.16. The number of ether oxygens (including phenoxy) is 2. The molecule has 0 aliphatic carbocycles. The first-order chi connectivity index (χ1) is 13.0. The predicted octanol–water partition coefficient (Wildman–Crippen LogP) is 3.17. The third kappa shape index (κ3) is 6.42. The summed E-state index contributed by atoms with van der Waals surface area (Å²) in [5.74, 6) is 0.201. The van der Waals surface area contributed by atoms with E-state index in [0.717, 1.165) is 12.0 Å². The van der Waals surface area contributed by atoms with Gasteiger partial charge in [0.25, 0.3) is 11.8 Å². The van der Waals surface area contributed by atoms with Gasteiger partial charge in [0.1, 0.15) is 5.75 Å². The van der Waals surface area contributed by atoms with Crippen molar-refractivity contribution in [1.82, 2.24) is 5.32 Å². The van der Waals surface area contributed by atoms with Gasteiger partial charge in [-0.15, -0.1) is 0 Å². The van der Waals surface area contributed by atoms with Crippen molar-refractivity contribution in [3.05, 3.63) is 59.7 Å². The van der Waals surface area contributed by atoms with Gasteiger partial charge in [-0.05, 0) is 50.1 Å². The minimum atomic E-state index is -0.669. The number of methoxy groups -OCH3 is 1. The highest BCUT2D eigenvalue weighted by atomic mass is 16.5. The summed E-state index contributed by atoms with van der Waals surface area (Å²) in [5, 5.41) is 5.61. The molecule has 0 saturated heterocycles. The van der Waals surface area contributed by atoms with Gasteiger partial charge in [-0.1, -0.05) is 24.3 Å². The Morgan fingerprint density at radius 3 is 2.63 bits per heavy atom. The Morgan fingerprint density at radius 2 is 1.89 bits per heavy atom. The summed E-state index contributed by atoms with van der Waals surface area (Å²) in [6.07, 6.45) is 0.0736. The van der Waals surface area contributed by atoms with Crippen LogP contribution in [0.3, 0.4) is 0 Å². The fraction of sp³-hybridized carbons (Fsp3) is 0.333. The van der Waals surface area contributed by atoms with Crippen LogP contribution in [-0.2, 0) is 9.53 Å². The average Bonchev–Trinajstić information content (AvgIpc) is 2.67. The zero-order chi connectivity index (χ0) is 19.6. The van der Waals surface area contributed by atoms with E-state index in [1.54, 1.807) is 38.3 Å². The van der Waals surface area contributed by atoms with Crippen molar-refractivity contribution in [3.8, 4) is 5.75 Å². The smallest absolute Gasteiger partial charge is 0.265 e. The number of hydrogen-bond acceptors (Lipinski definition) is 4. The van der Waals surface area contributed by atoms with Gasteiger partial charge < -0.3 is 20.1 Å². The summed E-state index contributed by atoms with van der Waals surface area (Å²) in [5.41, 5.74) is 1.99. The number of amides is 2. The molecule has 0 radical (unpaired) electrons. The Kier molecular flexibility index (Phi) is 7.82. The van der Waals surface area contributed by atoms with Crippen LogP contribution in [0.1, 0.15) is 29.3 Å². The molecule has 1 unspecified atom stereocenters. The maximum absolute atomic E-state index is 12.4. The molecular formula is C21H26N2O4. The Morgan fingerprint density at radius 1 is 1.11 bits per heavy atom. The average molecular weight is 370 g/mol. The molecule has 0 aromatic heterocycles. The van der Waals surface area contributed by atoms with Gasteiger partial charge in [0.15, 0.2) is 6.10 Å². The van der Waals surface area contributed by atoms with Gasteiger partial charge in [0.2, 0.25) is 0 Å². The molecule has 0 bridgehead atoms. The molecule has 144 valence electrons. The number of carbonyl (C=O) groups excluding carboxylic acids is 2. The number of rotatable bonds is 9. The number of hydrogen-bond donors (Lipinski definition) is 2. The standard InChI is InChI=1S/C21H26N2O4/c1-15-8-4-5-11-19(15)27-16(2)20(24)23-18-10-6-9-17(14-18)21(25)22-12-7-13-26-3/h4-6,8-11,14,16H,7,12-13H2,1-3H3,(H,22,25)(H,23,24). The number of anilines is 1. The molecule has 0 aliphatic heterocycles. The highest BCUT2D eigenvalue weighted by Crippen LogP contribution is 2.18. The van der Waals surface area contributed by atoms with Crippen LogP contribution in [0.4, 0.5) is 5.69 Å². The zero-order valence-electron chi connectivity index (χ0n) is 16.0. The SMILES string of the molecule is COCCCNC(=O)c1cccc(NC(=O)C(C)Oc2ccccc2C)c1. The van der Waals surface area contributed by atoms with Crippen molar-refractivity contribution in [2.45, 2.75) is 26.4 Å². The lowest BCUT2D eigenvalue weighted by Crippen LogP contribution is -2.30. The Bertz CT molecular complexity index is 776. The Balaban J connectivity index is 1.93. The molecule has 2 N–H and O–H groups in total.